The Balaban J connectivity index is 2.00. The molecule has 6 nitrogen and oxygen atoms in total. The van der Waals surface area contributed by atoms with E-state index < -0.39 is 24.1 Å². The summed E-state index contributed by atoms with van der Waals surface area (Å²) >= 11 is 1.67. The van der Waals surface area contributed by atoms with E-state index in [1.807, 2.05) is 11.4 Å². The number of hydrogen-bond donors (Lipinski definition) is 3. The summed E-state index contributed by atoms with van der Waals surface area (Å²) in [7, 11) is 0. The Morgan fingerprint density at radius 3 is 2.89 bits per heavy atom. The number of nitrogens with one attached hydrogen (secondary N) is 1. The van der Waals surface area contributed by atoms with Crippen LogP contribution >= 0.6 is 11.3 Å². The lowest BCUT2D eigenvalue weighted by Gasteiger charge is -2.29. The van der Waals surface area contributed by atoms with E-state index in [1.165, 1.54) is 11.8 Å². The van der Waals surface area contributed by atoms with E-state index in [1.54, 1.807) is 16.2 Å². The zero-order valence-electron chi connectivity index (χ0n) is 10.5. The van der Waals surface area contributed by atoms with E-state index in [9.17, 15) is 14.7 Å². The molecule has 2 heterocycles. The average Bonchev–Trinajstić information content (AvgIpc) is 2.81. The lowest BCUT2D eigenvalue weighted by atomic mass is 10.1. The van der Waals surface area contributed by atoms with Gasteiger partial charge in [-0.05, 0) is 30.4 Å². The number of thiophene rings is 1. The number of carbonyl (C=O) groups excluding carboxylic acids is 1. The van der Waals surface area contributed by atoms with Gasteiger partial charge in [0.05, 0.1) is 6.10 Å². The minimum absolute atomic E-state index is 0.454. The molecule has 0 unspecified atom stereocenters. The number of nitrogens with zero attached hydrogens (tertiary/aromatic N) is 1. The van der Waals surface area contributed by atoms with Gasteiger partial charge in [-0.2, -0.15) is 0 Å². The number of carbonyl (C=O) groups is 2. The van der Waals surface area contributed by atoms with E-state index in [0.29, 0.717) is 13.1 Å². The van der Waals surface area contributed by atoms with Gasteiger partial charge in [0.15, 0.2) is 6.04 Å². The summed E-state index contributed by atoms with van der Waals surface area (Å²) in [5.74, 6) is -1.24. The lowest BCUT2D eigenvalue weighted by molar-refractivity contribution is -0.141. The average molecular weight is 284 g/mol. The Morgan fingerprint density at radius 1 is 1.53 bits per heavy atom. The molecule has 3 N–H and O–H groups in total. The first-order chi connectivity index (χ1) is 8.99. The van der Waals surface area contributed by atoms with Crippen molar-refractivity contribution in [1.29, 1.82) is 0 Å². The number of fused-ring (bicyclic) bond motifs is 1. The van der Waals surface area contributed by atoms with Crippen molar-refractivity contribution in [2.75, 3.05) is 6.54 Å². The number of carboxylic acid groups (broad SMARTS) is 1. The molecule has 19 heavy (non-hydrogen) atoms. The molecule has 0 radical (unpaired) electrons. The zero-order chi connectivity index (χ0) is 14.0. The molecule has 2 amide bonds. The molecule has 0 aromatic carbocycles. The van der Waals surface area contributed by atoms with Gasteiger partial charge in [0, 0.05) is 18.0 Å². The highest BCUT2D eigenvalue weighted by molar-refractivity contribution is 7.10. The number of carboxylic acids is 1. The molecule has 104 valence electrons. The van der Waals surface area contributed by atoms with Crippen molar-refractivity contribution >= 4 is 23.3 Å². The van der Waals surface area contributed by atoms with Crippen molar-refractivity contribution in [3.63, 3.8) is 0 Å². The highest BCUT2D eigenvalue weighted by atomic mass is 32.1. The van der Waals surface area contributed by atoms with Crippen LogP contribution in [0.1, 0.15) is 17.4 Å². The van der Waals surface area contributed by atoms with Crippen LogP contribution in [0.25, 0.3) is 0 Å². The van der Waals surface area contributed by atoms with Crippen molar-refractivity contribution < 1.29 is 19.8 Å². The number of hydrogen-bond acceptors (Lipinski definition) is 4. The van der Waals surface area contributed by atoms with Crippen LogP contribution in [0.5, 0.6) is 0 Å². The summed E-state index contributed by atoms with van der Waals surface area (Å²) in [4.78, 5) is 25.8. The maximum absolute atomic E-state index is 12.0. The summed E-state index contributed by atoms with van der Waals surface area (Å²) in [5.41, 5.74) is 1.11. The van der Waals surface area contributed by atoms with E-state index in [-0.39, 0.29) is 0 Å². The Morgan fingerprint density at radius 2 is 2.26 bits per heavy atom. The predicted octanol–water partition coefficient (Wildman–Crippen LogP) is 0.650. The van der Waals surface area contributed by atoms with E-state index >= 15 is 0 Å². The van der Waals surface area contributed by atoms with Gasteiger partial charge in [0.25, 0.3) is 0 Å². The number of aliphatic hydroxyl groups is 1. The number of amides is 2. The minimum Gasteiger partial charge on any atom is -0.480 e. The minimum atomic E-state index is -1.28. The van der Waals surface area contributed by atoms with Crippen LogP contribution in [-0.4, -0.2) is 45.8 Å². The molecule has 0 saturated heterocycles. The van der Waals surface area contributed by atoms with Crippen LogP contribution in [-0.2, 0) is 17.8 Å². The molecule has 1 aromatic rings. The third-order valence-corrected chi connectivity index (χ3v) is 4.15. The van der Waals surface area contributed by atoms with Crippen molar-refractivity contribution in [2.24, 2.45) is 0 Å². The highest BCUT2D eigenvalue weighted by Gasteiger charge is 2.28. The number of urea groups is 1. The Labute approximate surface area is 114 Å². The molecule has 0 aliphatic carbocycles. The number of rotatable bonds is 3. The maximum atomic E-state index is 12.0. The highest BCUT2D eigenvalue weighted by Crippen LogP contribution is 2.23. The van der Waals surface area contributed by atoms with Gasteiger partial charge < -0.3 is 20.4 Å². The maximum Gasteiger partial charge on any atom is 0.328 e. The van der Waals surface area contributed by atoms with E-state index in [2.05, 4.69) is 5.32 Å². The standard InChI is InChI=1S/C12H16N2O4S/c1-7(15)10(11(16)17)13-12(18)14-4-2-9-8(6-14)3-5-19-9/h3,5,7,10,15H,2,4,6H2,1H3,(H,13,18)(H,16,17)/t7-,10+/m1/s1. The molecule has 7 heteroatoms. The monoisotopic (exact) mass is 284 g/mol. The second-order valence-corrected chi connectivity index (χ2v) is 5.55. The molecular weight excluding hydrogens is 268 g/mol. The van der Waals surface area contributed by atoms with Crippen LogP contribution < -0.4 is 5.32 Å². The van der Waals surface area contributed by atoms with Crippen molar-refractivity contribution in [3.05, 3.63) is 21.9 Å². The Hall–Kier alpha value is -1.60. The third kappa shape index (κ3) is 3.05. The fourth-order valence-corrected chi connectivity index (χ4v) is 2.92. The summed E-state index contributed by atoms with van der Waals surface area (Å²) in [6.07, 6.45) is -0.352. The molecule has 1 aromatic heterocycles. The topological polar surface area (TPSA) is 89.9 Å². The fraction of sp³-hybridized carbons (Fsp3) is 0.500. The second-order valence-electron chi connectivity index (χ2n) is 4.55. The van der Waals surface area contributed by atoms with Crippen LogP contribution in [0.15, 0.2) is 11.4 Å². The third-order valence-electron chi connectivity index (χ3n) is 3.12. The first kappa shape index (κ1) is 13.8. The van der Waals surface area contributed by atoms with Crippen molar-refractivity contribution in [2.45, 2.75) is 32.0 Å². The van der Waals surface area contributed by atoms with Gasteiger partial charge in [-0.3, -0.25) is 0 Å². The second kappa shape index (κ2) is 5.58. The molecule has 0 saturated carbocycles. The van der Waals surface area contributed by atoms with Crippen molar-refractivity contribution in [1.82, 2.24) is 10.2 Å². The van der Waals surface area contributed by atoms with E-state index in [0.717, 1.165) is 12.0 Å². The summed E-state index contributed by atoms with van der Waals surface area (Å²) < 4.78 is 0. The van der Waals surface area contributed by atoms with E-state index in [4.69, 9.17) is 5.11 Å². The Kier molecular flexibility index (Phi) is 4.06. The first-order valence-corrected chi connectivity index (χ1v) is 6.88. The largest absolute Gasteiger partial charge is 0.480 e. The van der Waals surface area contributed by atoms with Crippen LogP contribution in [0, 0.1) is 0 Å². The normalized spacial score (nSPS) is 17.5. The molecule has 0 bridgehead atoms. The van der Waals surface area contributed by atoms with Gasteiger partial charge in [-0.15, -0.1) is 11.3 Å². The lowest BCUT2D eigenvalue weighted by Crippen LogP contribution is -2.53. The Bertz CT molecular complexity index is 486. The fourth-order valence-electron chi connectivity index (χ4n) is 2.03. The summed E-state index contributed by atoms with van der Waals surface area (Å²) in [6.45, 7) is 2.38. The van der Waals surface area contributed by atoms with Crippen LogP contribution in [0.4, 0.5) is 4.79 Å². The van der Waals surface area contributed by atoms with Crippen LogP contribution in [0.3, 0.4) is 0 Å². The quantitative estimate of drug-likeness (QED) is 0.760. The zero-order valence-corrected chi connectivity index (χ0v) is 11.3. The molecule has 2 rings (SSSR count). The predicted molar refractivity (Wildman–Crippen MR) is 70.1 cm³/mol. The van der Waals surface area contributed by atoms with Gasteiger partial charge in [-0.1, -0.05) is 0 Å². The number of aliphatic carboxylic acids is 1. The summed E-state index contributed by atoms with van der Waals surface area (Å²) in [5, 5.41) is 22.6. The molecular formula is C12H16N2O4S. The van der Waals surface area contributed by atoms with Gasteiger partial charge in [-0.25, -0.2) is 9.59 Å². The SMILES string of the molecule is C[C@@H](O)[C@H](NC(=O)N1CCc2sccc2C1)C(=O)O. The van der Waals surface area contributed by atoms with Crippen LogP contribution in [0.2, 0.25) is 0 Å². The summed E-state index contributed by atoms with van der Waals surface area (Å²) in [6, 6.07) is 0.240. The van der Waals surface area contributed by atoms with Gasteiger partial charge >= 0.3 is 12.0 Å². The molecule has 0 spiro atoms. The molecule has 0 fully saturated rings. The molecule has 1 aliphatic heterocycles. The molecule has 1 aliphatic rings. The van der Waals surface area contributed by atoms with Gasteiger partial charge in [0.2, 0.25) is 0 Å². The smallest absolute Gasteiger partial charge is 0.328 e. The number of aliphatic hydroxyl groups excluding tert-OH is 1. The molecule has 2 atom stereocenters. The van der Waals surface area contributed by atoms with Crippen molar-refractivity contribution in [3.8, 4) is 0 Å². The van der Waals surface area contributed by atoms with Gasteiger partial charge in [0.1, 0.15) is 0 Å². The first-order valence-electron chi connectivity index (χ1n) is 6.00.